The second kappa shape index (κ2) is 10.4. The molecular formula is C26H27BrIN3O. The molecule has 0 spiro atoms. The van der Waals surface area contributed by atoms with Crippen LogP contribution in [0.25, 0.3) is 22.4 Å². The predicted molar refractivity (Wildman–Crippen MR) is 145 cm³/mol. The van der Waals surface area contributed by atoms with E-state index in [1.165, 1.54) is 16.7 Å². The smallest absolute Gasteiger partial charge is 0.141 e. The van der Waals surface area contributed by atoms with E-state index in [2.05, 4.69) is 118 Å². The summed E-state index contributed by atoms with van der Waals surface area (Å²) in [6, 6.07) is 21.3. The minimum absolute atomic E-state index is 0.653. The molecule has 0 saturated heterocycles. The number of aryl methyl sites for hydroxylation is 1. The maximum absolute atomic E-state index is 6.03. The highest BCUT2D eigenvalue weighted by Gasteiger charge is 2.16. The van der Waals surface area contributed by atoms with Gasteiger partial charge in [-0.15, -0.1) is 0 Å². The number of benzene rings is 3. The van der Waals surface area contributed by atoms with E-state index in [4.69, 9.17) is 9.72 Å². The number of aromatic nitrogens is 2. The van der Waals surface area contributed by atoms with E-state index in [-0.39, 0.29) is 0 Å². The van der Waals surface area contributed by atoms with E-state index in [0.717, 1.165) is 50.2 Å². The maximum Gasteiger partial charge on any atom is 0.141 e. The van der Waals surface area contributed by atoms with E-state index in [9.17, 15) is 0 Å². The normalized spacial score (nSPS) is 11.4. The van der Waals surface area contributed by atoms with Crippen LogP contribution in [0.1, 0.15) is 16.7 Å². The topological polar surface area (TPSA) is 30.3 Å². The van der Waals surface area contributed by atoms with Crippen molar-refractivity contribution < 1.29 is 4.74 Å². The quantitative estimate of drug-likeness (QED) is 0.166. The molecule has 4 aromatic rings. The molecule has 3 aromatic carbocycles. The number of likely N-dealkylation sites (N-methyl/N-ethyl adjacent to an activating group) is 1. The van der Waals surface area contributed by atoms with Crippen LogP contribution in [0.2, 0.25) is 0 Å². The highest BCUT2D eigenvalue weighted by atomic mass is 127. The Balaban J connectivity index is 1.83. The van der Waals surface area contributed by atoms with E-state index >= 15 is 0 Å². The van der Waals surface area contributed by atoms with Gasteiger partial charge in [0.25, 0.3) is 0 Å². The summed E-state index contributed by atoms with van der Waals surface area (Å²) in [6.45, 7) is 4.40. The lowest BCUT2D eigenvalue weighted by molar-refractivity contribution is 0.261. The number of nitrogens with zero attached hydrogens (tertiary/aromatic N) is 3. The Morgan fingerprint density at radius 2 is 1.88 bits per heavy atom. The van der Waals surface area contributed by atoms with Crippen molar-refractivity contribution in [2.24, 2.45) is 0 Å². The lowest BCUT2D eigenvalue weighted by Gasteiger charge is -2.13. The molecule has 4 rings (SSSR count). The van der Waals surface area contributed by atoms with E-state index in [0.29, 0.717) is 6.61 Å². The third-order valence-corrected chi connectivity index (χ3v) is 7.02. The molecular weight excluding hydrogens is 577 g/mol. The summed E-state index contributed by atoms with van der Waals surface area (Å²) in [5, 5.41) is 0. The first-order valence-electron chi connectivity index (χ1n) is 10.6. The summed E-state index contributed by atoms with van der Waals surface area (Å²) in [5.74, 6) is 1.85. The first-order chi connectivity index (χ1) is 15.4. The van der Waals surface area contributed by atoms with E-state index in [1.807, 2.05) is 12.1 Å². The molecule has 0 aliphatic rings. The molecule has 0 unspecified atom stereocenters. The van der Waals surface area contributed by atoms with Crippen molar-refractivity contribution in [2.75, 3.05) is 27.2 Å². The Morgan fingerprint density at radius 3 is 2.62 bits per heavy atom. The Morgan fingerprint density at radius 1 is 1.06 bits per heavy atom. The molecule has 0 fully saturated rings. The molecule has 0 bridgehead atoms. The van der Waals surface area contributed by atoms with Crippen molar-refractivity contribution in [1.82, 2.24) is 14.5 Å². The Bertz CT molecular complexity index is 1240. The zero-order valence-electron chi connectivity index (χ0n) is 18.6. The van der Waals surface area contributed by atoms with Gasteiger partial charge < -0.3 is 14.2 Å². The van der Waals surface area contributed by atoms with Crippen LogP contribution in [0.4, 0.5) is 0 Å². The van der Waals surface area contributed by atoms with E-state index < -0.39 is 0 Å². The Kier molecular flexibility index (Phi) is 7.53. The minimum Gasteiger partial charge on any atom is -0.492 e. The predicted octanol–water partition coefficient (Wildman–Crippen LogP) is 6.70. The van der Waals surface area contributed by atoms with Gasteiger partial charge in [0.05, 0.1) is 17.6 Å². The number of ether oxygens (including phenoxy) is 1. The van der Waals surface area contributed by atoms with Crippen LogP contribution < -0.4 is 4.74 Å². The standard InChI is InChI=1S/C26H27BrIN3O/c1-18-12-19(16-28)14-21(13-18)26-29-24-9-8-22(32-11-10-30(2)3)15-25(24)31(26)17-20-6-4-5-7-23(20)27/h4-9,12-15H,10-11,16-17H2,1-3H3. The molecule has 166 valence electrons. The fourth-order valence-electron chi connectivity index (χ4n) is 3.78. The average Bonchev–Trinajstić information content (AvgIpc) is 3.12. The summed E-state index contributed by atoms with van der Waals surface area (Å²) in [5.41, 5.74) is 6.98. The number of rotatable bonds is 8. The number of hydrogen-bond acceptors (Lipinski definition) is 3. The molecule has 1 aromatic heterocycles. The molecule has 0 amide bonds. The van der Waals surface area contributed by atoms with Gasteiger partial charge in [-0.25, -0.2) is 4.98 Å². The van der Waals surface area contributed by atoms with Crippen LogP contribution in [0.3, 0.4) is 0 Å². The molecule has 1 heterocycles. The molecule has 32 heavy (non-hydrogen) atoms. The summed E-state index contributed by atoms with van der Waals surface area (Å²) in [4.78, 5) is 7.18. The summed E-state index contributed by atoms with van der Waals surface area (Å²) >= 11 is 6.14. The molecule has 0 radical (unpaired) electrons. The number of fused-ring (bicyclic) bond motifs is 1. The van der Waals surface area contributed by atoms with Gasteiger partial charge in [0, 0.05) is 27.1 Å². The summed E-state index contributed by atoms with van der Waals surface area (Å²) < 4.78 is 10.4. The SMILES string of the molecule is Cc1cc(CI)cc(-c2nc3ccc(OCCN(C)C)cc3n2Cc2ccccc2Br)c1. The Hall–Kier alpha value is -1.90. The molecule has 6 heteroatoms. The molecule has 0 atom stereocenters. The van der Waals surface area contributed by atoms with Gasteiger partial charge in [-0.1, -0.05) is 68.3 Å². The van der Waals surface area contributed by atoms with Gasteiger partial charge in [-0.2, -0.15) is 0 Å². The third kappa shape index (κ3) is 5.35. The zero-order valence-corrected chi connectivity index (χ0v) is 22.4. The van der Waals surface area contributed by atoms with Gasteiger partial charge in [0.2, 0.25) is 0 Å². The number of hydrogen-bond donors (Lipinski definition) is 0. The number of alkyl halides is 1. The van der Waals surface area contributed by atoms with Crippen molar-refractivity contribution >= 4 is 49.6 Å². The van der Waals surface area contributed by atoms with Crippen molar-refractivity contribution in [3.05, 3.63) is 81.8 Å². The lowest BCUT2D eigenvalue weighted by atomic mass is 10.1. The van der Waals surface area contributed by atoms with Crippen molar-refractivity contribution in [3.63, 3.8) is 0 Å². The van der Waals surface area contributed by atoms with Gasteiger partial charge in [-0.05, 0) is 62.5 Å². The summed E-state index contributed by atoms with van der Waals surface area (Å²) in [7, 11) is 4.11. The maximum atomic E-state index is 6.03. The van der Waals surface area contributed by atoms with Crippen LogP contribution in [0.5, 0.6) is 5.75 Å². The van der Waals surface area contributed by atoms with Gasteiger partial charge in [0.15, 0.2) is 0 Å². The number of halogens is 2. The highest BCUT2D eigenvalue weighted by Crippen LogP contribution is 2.31. The molecule has 4 nitrogen and oxygen atoms in total. The fraction of sp³-hybridized carbons (Fsp3) is 0.269. The third-order valence-electron chi connectivity index (χ3n) is 5.36. The summed E-state index contributed by atoms with van der Waals surface area (Å²) in [6.07, 6.45) is 0. The van der Waals surface area contributed by atoms with Crippen molar-refractivity contribution in [3.8, 4) is 17.1 Å². The van der Waals surface area contributed by atoms with Crippen LogP contribution in [0, 0.1) is 6.92 Å². The molecule has 0 aliphatic heterocycles. The van der Waals surface area contributed by atoms with Crippen LogP contribution in [-0.4, -0.2) is 41.7 Å². The molecule has 0 aliphatic carbocycles. The molecule has 0 saturated carbocycles. The monoisotopic (exact) mass is 603 g/mol. The van der Waals surface area contributed by atoms with Gasteiger partial charge in [0.1, 0.15) is 18.2 Å². The van der Waals surface area contributed by atoms with Gasteiger partial charge in [-0.3, -0.25) is 0 Å². The largest absolute Gasteiger partial charge is 0.492 e. The highest BCUT2D eigenvalue weighted by molar-refractivity contribution is 14.1. The minimum atomic E-state index is 0.653. The number of imidazole rings is 1. The van der Waals surface area contributed by atoms with Gasteiger partial charge >= 0.3 is 0 Å². The van der Waals surface area contributed by atoms with Crippen LogP contribution in [-0.2, 0) is 11.0 Å². The second-order valence-corrected chi connectivity index (χ2v) is 9.87. The van der Waals surface area contributed by atoms with E-state index in [1.54, 1.807) is 0 Å². The average molecular weight is 604 g/mol. The zero-order chi connectivity index (χ0) is 22.7. The lowest BCUT2D eigenvalue weighted by Crippen LogP contribution is -2.19. The molecule has 0 N–H and O–H groups in total. The van der Waals surface area contributed by atoms with Crippen LogP contribution in [0.15, 0.2) is 65.1 Å². The van der Waals surface area contributed by atoms with Crippen LogP contribution >= 0.6 is 38.5 Å². The fourth-order valence-corrected chi connectivity index (χ4v) is 4.64. The van der Waals surface area contributed by atoms with Crippen molar-refractivity contribution in [2.45, 2.75) is 17.9 Å². The first kappa shape index (κ1) is 23.3. The second-order valence-electron chi connectivity index (χ2n) is 8.26. The first-order valence-corrected chi connectivity index (χ1v) is 12.9. The van der Waals surface area contributed by atoms with Crippen molar-refractivity contribution in [1.29, 1.82) is 0 Å². The Labute approximate surface area is 211 Å².